The van der Waals surface area contributed by atoms with E-state index in [2.05, 4.69) is 42.3 Å². The highest BCUT2D eigenvalue weighted by Crippen LogP contribution is 2.19. The molecule has 0 N–H and O–H groups in total. The molecular formula is C26H40N2O6+2. The second kappa shape index (κ2) is 13.6. The van der Waals surface area contributed by atoms with E-state index in [9.17, 15) is 9.59 Å². The number of methoxy groups -OCH3 is 2. The van der Waals surface area contributed by atoms with Gasteiger partial charge in [-0.2, -0.15) is 0 Å². The molecule has 0 fully saturated rings. The highest BCUT2D eigenvalue weighted by molar-refractivity contribution is 5.93. The summed E-state index contributed by atoms with van der Waals surface area (Å²) < 4.78 is 22.2. The number of carbonyl (C=O) groups is 2. The van der Waals surface area contributed by atoms with Crippen molar-refractivity contribution in [3.05, 3.63) is 59.7 Å². The Hall–Kier alpha value is -3.10. The largest absolute Gasteiger partial charge is 0.496 e. The Morgan fingerprint density at radius 2 is 0.941 bits per heavy atom. The second-order valence-corrected chi connectivity index (χ2v) is 9.70. The maximum atomic E-state index is 11.8. The van der Waals surface area contributed by atoms with E-state index in [0.717, 1.165) is 22.1 Å². The lowest BCUT2D eigenvalue weighted by Gasteiger charge is -2.23. The number of carbonyl (C=O) groups excluding carboxylic acids is 2. The Kier molecular flexibility index (Phi) is 11.5. The standard InChI is InChI=1S/2C13H20NO3/c2*1-14(2,3)9-10-17-13(15)11-7-5-6-8-12(11)16-4/h2*5-8H,9-10H2,1-4H3/q2*+1. The topological polar surface area (TPSA) is 71.1 Å². The van der Waals surface area contributed by atoms with Crippen LogP contribution in [0.2, 0.25) is 0 Å². The predicted molar refractivity (Wildman–Crippen MR) is 132 cm³/mol. The third-order valence-electron chi connectivity index (χ3n) is 4.64. The molecule has 188 valence electrons. The van der Waals surface area contributed by atoms with E-state index in [1.807, 2.05) is 12.1 Å². The summed E-state index contributed by atoms with van der Waals surface area (Å²) in [5.74, 6) is 0.414. The van der Waals surface area contributed by atoms with Gasteiger partial charge in [0.25, 0.3) is 0 Å². The first-order chi connectivity index (χ1) is 15.9. The number of benzene rings is 2. The lowest BCUT2D eigenvalue weighted by atomic mass is 10.2. The lowest BCUT2D eigenvalue weighted by molar-refractivity contribution is -0.870. The molecule has 34 heavy (non-hydrogen) atoms. The van der Waals surface area contributed by atoms with E-state index in [4.69, 9.17) is 18.9 Å². The summed E-state index contributed by atoms with van der Waals surface area (Å²) in [6, 6.07) is 14.1. The van der Waals surface area contributed by atoms with Crippen molar-refractivity contribution in [3.8, 4) is 11.5 Å². The van der Waals surface area contributed by atoms with Crippen LogP contribution < -0.4 is 9.47 Å². The van der Waals surface area contributed by atoms with Gasteiger partial charge in [0.05, 0.1) is 56.5 Å². The van der Waals surface area contributed by atoms with Crippen molar-refractivity contribution in [1.82, 2.24) is 0 Å². The van der Waals surface area contributed by atoms with Crippen LogP contribution in [0.1, 0.15) is 20.7 Å². The summed E-state index contributed by atoms with van der Waals surface area (Å²) in [5, 5.41) is 0. The maximum absolute atomic E-state index is 11.8. The van der Waals surface area contributed by atoms with Crippen LogP contribution in [-0.2, 0) is 9.47 Å². The van der Waals surface area contributed by atoms with Gasteiger partial charge in [-0.25, -0.2) is 9.59 Å². The zero-order chi connectivity index (χ0) is 25.8. The van der Waals surface area contributed by atoms with Gasteiger partial charge in [-0.3, -0.25) is 0 Å². The Morgan fingerprint density at radius 3 is 1.24 bits per heavy atom. The van der Waals surface area contributed by atoms with Gasteiger partial charge >= 0.3 is 11.9 Å². The summed E-state index contributed by atoms with van der Waals surface area (Å²) >= 11 is 0. The smallest absolute Gasteiger partial charge is 0.342 e. The number of hydrogen-bond acceptors (Lipinski definition) is 6. The lowest BCUT2D eigenvalue weighted by Crippen LogP contribution is -2.38. The molecule has 0 spiro atoms. The van der Waals surface area contributed by atoms with Gasteiger partial charge in [0, 0.05) is 0 Å². The Labute approximate surface area is 203 Å². The first kappa shape index (κ1) is 28.9. The molecule has 2 aromatic rings. The van der Waals surface area contributed by atoms with Crippen LogP contribution in [0.5, 0.6) is 11.5 Å². The molecule has 0 unspecified atom stereocenters. The first-order valence-electron chi connectivity index (χ1n) is 11.1. The number of para-hydroxylation sites is 2. The zero-order valence-electron chi connectivity index (χ0n) is 21.8. The summed E-state index contributed by atoms with van der Waals surface area (Å²) in [7, 11) is 15.4. The summed E-state index contributed by atoms with van der Waals surface area (Å²) in [6.45, 7) is 2.36. The van der Waals surface area contributed by atoms with Crippen LogP contribution in [0.25, 0.3) is 0 Å². The highest BCUT2D eigenvalue weighted by Gasteiger charge is 2.16. The van der Waals surface area contributed by atoms with Gasteiger partial charge in [-0.15, -0.1) is 0 Å². The van der Waals surface area contributed by atoms with E-state index < -0.39 is 0 Å². The number of hydrogen-bond donors (Lipinski definition) is 0. The third-order valence-corrected chi connectivity index (χ3v) is 4.64. The van der Waals surface area contributed by atoms with Crippen LogP contribution >= 0.6 is 0 Å². The summed E-state index contributed by atoms with van der Waals surface area (Å²) in [5.41, 5.74) is 0.938. The molecule has 0 aliphatic heterocycles. The van der Waals surface area contributed by atoms with Gasteiger partial charge in [-0.1, -0.05) is 24.3 Å². The van der Waals surface area contributed by atoms with E-state index >= 15 is 0 Å². The minimum atomic E-state index is -0.337. The second-order valence-electron chi connectivity index (χ2n) is 9.70. The van der Waals surface area contributed by atoms with Gasteiger partial charge in [-0.05, 0) is 24.3 Å². The van der Waals surface area contributed by atoms with Gasteiger partial charge in [0.15, 0.2) is 0 Å². The fourth-order valence-corrected chi connectivity index (χ4v) is 2.61. The molecule has 0 aliphatic rings. The van der Waals surface area contributed by atoms with E-state index in [1.165, 1.54) is 14.2 Å². The van der Waals surface area contributed by atoms with Crippen molar-refractivity contribution in [1.29, 1.82) is 0 Å². The molecule has 2 aromatic carbocycles. The van der Waals surface area contributed by atoms with Crippen molar-refractivity contribution in [2.75, 3.05) is 82.8 Å². The fraction of sp³-hybridized carbons (Fsp3) is 0.462. The van der Waals surface area contributed by atoms with E-state index in [0.29, 0.717) is 35.8 Å². The molecule has 0 bridgehead atoms. The molecule has 0 aliphatic carbocycles. The normalized spacial score (nSPS) is 11.1. The van der Waals surface area contributed by atoms with Crippen molar-refractivity contribution in [2.24, 2.45) is 0 Å². The Balaban J connectivity index is 0.000000340. The average molecular weight is 477 g/mol. The predicted octanol–water partition coefficient (Wildman–Crippen LogP) is 3.12. The number of rotatable bonds is 10. The number of likely N-dealkylation sites (N-methyl/N-ethyl adjacent to an activating group) is 2. The number of nitrogens with zero attached hydrogens (tertiary/aromatic N) is 2. The molecule has 0 aromatic heterocycles. The zero-order valence-corrected chi connectivity index (χ0v) is 21.8. The molecule has 0 saturated heterocycles. The number of esters is 2. The first-order valence-corrected chi connectivity index (χ1v) is 11.1. The maximum Gasteiger partial charge on any atom is 0.342 e. The van der Waals surface area contributed by atoms with E-state index in [-0.39, 0.29) is 11.9 Å². The fourth-order valence-electron chi connectivity index (χ4n) is 2.61. The summed E-state index contributed by atoms with van der Waals surface area (Å²) in [6.07, 6.45) is 0. The minimum Gasteiger partial charge on any atom is -0.496 e. The van der Waals surface area contributed by atoms with Crippen molar-refractivity contribution in [3.63, 3.8) is 0 Å². The molecule has 0 atom stereocenters. The van der Waals surface area contributed by atoms with Crippen LogP contribution in [0.3, 0.4) is 0 Å². The van der Waals surface area contributed by atoms with Gasteiger partial charge in [0.2, 0.25) is 0 Å². The van der Waals surface area contributed by atoms with Crippen LogP contribution in [0, 0.1) is 0 Å². The Bertz CT molecular complexity index is 840. The molecule has 0 radical (unpaired) electrons. The molecule has 8 nitrogen and oxygen atoms in total. The molecule has 0 heterocycles. The molecule has 2 rings (SSSR count). The number of quaternary nitrogens is 2. The molecule has 0 amide bonds. The van der Waals surface area contributed by atoms with Crippen molar-refractivity contribution in [2.45, 2.75) is 0 Å². The quantitative estimate of drug-likeness (QED) is 0.388. The SMILES string of the molecule is COc1ccccc1C(=O)OCC[N+](C)(C)C.COc1ccccc1C(=O)OCC[N+](C)(C)C. The van der Waals surface area contributed by atoms with Crippen LogP contribution in [0.4, 0.5) is 0 Å². The molecule has 8 heteroatoms. The average Bonchev–Trinajstić information content (AvgIpc) is 2.77. The summed E-state index contributed by atoms with van der Waals surface area (Å²) in [4.78, 5) is 23.6. The number of ether oxygens (including phenoxy) is 4. The van der Waals surface area contributed by atoms with E-state index in [1.54, 1.807) is 36.4 Å². The van der Waals surface area contributed by atoms with Gasteiger partial charge < -0.3 is 27.9 Å². The molecular weight excluding hydrogens is 436 g/mol. The van der Waals surface area contributed by atoms with Crippen molar-refractivity contribution >= 4 is 11.9 Å². The van der Waals surface area contributed by atoms with Crippen molar-refractivity contribution < 1.29 is 37.5 Å². The third kappa shape index (κ3) is 11.2. The highest BCUT2D eigenvalue weighted by atomic mass is 16.5. The Morgan fingerprint density at radius 1 is 0.618 bits per heavy atom. The minimum absolute atomic E-state index is 0.337. The van der Waals surface area contributed by atoms with Gasteiger partial charge in [0.1, 0.15) is 48.9 Å². The van der Waals surface area contributed by atoms with Crippen LogP contribution in [0.15, 0.2) is 48.5 Å². The van der Waals surface area contributed by atoms with Crippen LogP contribution in [-0.4, -0.2) is 104 Å². The molecule has 0 saturated carbocycles. The monoisotopic (exact) mass is 476 g/mol.